The fraction of sp³-hybridized carbons (Fsp3) is 0.333. The van der Waals surface area contributed by atoms with Gasteiger partial charge in [-0.15, -0.1) is 0 Å². The Kier molecular flexibility index (Phi) is 11.5. The zero-order valence-electron chi connectivity index (χ0n) is 23.4. The first-order valence-corrected chi connectivity index (χ1v) is 16.0. The quantitative estimate of drug-likeness (QED) is 0.242. The molecule has 0 heterocycles. The van der Waals surface area contributed by atoms with E-state index in [9.17, 15) is 18.0 Å². The number of aryl methyl sites for hydroxylation is 1. The number of benzene rings is 3. The monoisotopic (exact) mass is 637 g/mol. The fourth-order valence-corrected chi connectivity index (χ4v) is 5.83. The van der Waals surface area contributed by atoms with Crippen LogP contribution in [0.25, 0.3) is 0 Å². The molecule has 7 nitrogen and oxygen atoms in total. The lowest BCUT2D eigenvalue weighted by Crippen LogP contribution is -2.53. The second-order valence-electron chi connectivity index (χ2n) is 10.3. The Morgan fingerprint density at radius 1 is 0.878 bits per heavy atom. The van der Waals surface area contributed by atoms with E-state index in [0.717, 1.165) is 27.3 Å². The Morgan fingerprint density at radius 2 is 1.51 bits per heavy atom. The van der Waals surface area contributed by atoms with E-state index in [4.69, 9.17) is 34.8 Å². The van der Waals surface area contributed by atoms with Crippen molar-refractivity contribution >= 4 is 62.3 Å². The topological polar surface area (TPSA) is 86.8 Å². The van der Waals surface area contributed by atoms with Crippen LogP contribution >= 0.6 is 34.8 Å². The van der Waals surface area contributed by atoms with E-state index in [-0.39, 0.29) is 45.5 Å². The summed E-state index contributed by atoms with van der Waals surface area (Å²) in [6, 6.07) is 18.7. The third-order valence-corrected chi connectivity index (χ3v) is 8.48. The molecule has 3 aromatic carbocycles. The molecule has 0 aliphatic rings. The molecule has 0 saturated carbocycles. The zero-order chi connectivity index (χ0) is 30.3. The maximum absolute atomic E-state index is 14.1. The molecule has 0 aliphatic carbocycles. The van der Waals surface area contributed by atoms with Crippen LogP contribution < -0.4 is 9.62 Å². The van der Waals surface area contributed by atoms with Crippen molar-refractivity contribution in [1.29, 1.82) is 0 Å². The number of nitrogens with one attached hydrogen (secondary N) is 1. The molecular formula is C30H34Cl3N3O4S. The third-order valence-electron chi connectivity index (χ3n) is 6.33. The fourth-order valence-electron chi connectivity index (χ4n) is 4.28. The van der Waals surface area contributed by atoms with E-state index < -0.39 is 28.5 Å². The summed E-state index contributed by atoms with van der Waals surface area (Å²) in [5.74, 6) is -0.725. The molecule has 220 valence electrons. The lowest BCUT2D eigenvalue weighted by atomic mass is 10.0. The van der Waals surface area contributed by atoms with Crippen molar-refractivity contribution in [3.63, 3.8) is 0 Å². The Balaban J connectivity index is 2.09. The minimum Gasteiger partial charge on any atom is -0.354 e. The van der Waals surface area contributed by atoms with E-state index in [1.54, 1.807) is 0 Å². The maximum atomic E-state index is 14.1. The lowest BCUT2D eigenvalue weighted by Gasteiger charge is -2.34. The SMILES string of the molecule is Cc1cccc(CN(C(=O)CN(c2cc(Cl)c(Cl)cc2Cl)S(C)(=O)=O)[C@H](Cc2ccccc2)C(=O)NCC(C)C)c1. The highest BCUT2D eigenvalue weighted by Gasteiger charge is 2.33. The standard InChI is InChI=1S/C30H34Cl3N3O4S/c1-20(2)17-34-30(38)28(14-22-10-6-5-7-11-22)35(18-23-12-8-9-21(3)13-23)29(37)19-36(41(4,39)40)27-16-25(32)24(31)15-26(27)33/h5-13,15-16,20,28H,14,17-19H2,1-4H3,(H,34,38)/t28-/m1/s1. The number of hydrogen-bond acceptors (Lipinski definition) is 4. The van der Waals surface area contributed by atoms with Crippen LogP contribution in [0.2, 0.25) is 15.1 Å². The molecule has 11 heteroatoms. The van der Waals surface area contributed by atoms with Gasteiger partial charge in [-0.1, -0.05) is 109 Å². The minimum absolute atomic E-state index is 0.0105. The van der Waals surface area contributed by atoms with Crippen molar-refractivity contribution < 1.29 is 18.0 Å². The molecule has 0 fully saturated rings. The predicted octanol–water partition coefficient (Wildman–Crippen LogP) is 6.13. The van der Waals surface area contributed by atoms with Gasteiger partial charge in [0.2, 0.25) is 21.8 Å². The Hall–Kier alpha value is -2.78. The number of amides is 2. The summed E-state index contributed by atoms with van der Waals surface area (Å²) in [6.07, 6.45) is 1.20. The van der Waals surface area contributed by atoms with Crippen molar-refractivity contribution in [2.45, 2.75) is 39.8 Å². The first-order valence-electron chi connectivity index (χ1n) is 13.0. The van der Waals surface area contributed by atoms with E-state index >= 15 is 0 Å². The van der Waals surface area contributed by atoms with Crippen LogP contribution in [0, 0.1) is 12.8 Å². The van der Waals surface area contributed by atoms with Gasteiger partial charge in [0.05, 0.1) is 27.0 Å². The number of anilines is 1. The summed E-state index contributed by atoms with van der Waals surface area (Å²) in [5, 5.41) is 3.19. The Labute approximate surface area is 257 Å². The number of halogens is 3. The van der Waals surface area contributed by atoms with Gasteiger partial charge >= 0.3 is 0 Å². The van der Waals surface area contributed by atoms with Crippen LogP contribution in [0.3, 0.4) is 0 Å². The van der Waals surface area contributed by atoms with Crippen LogP contribution in [-0.4, -0.2) is 50.5 Å². The van der Waals surface area contributed by atoms with Crippen LogP contribution in [-0.2, 0) is 32.6 Å². The zero-order valence-corrected chi connectivity index (χ0v) is 26.5. The molecule has 0 unspecified atom stereocenters. The number of rotatable bonds is 12. The van der Waals surface area contributed by atoms with Crippen LogP contribution in [0.15, 0.2) is 66.7 Å². The van der Waals surface area contributed by atoms with E-state index in [0.29, 0.717) is 6.54 Å². The average Bonchev–Trinajstić information content (AvgIpc) is 2.90. The van der Waals surface area contributed by atoms with E-state index in [2.05, 4.69) is 5.32 Å². The highest BCUT2D eigenvalue weighted by atomic mass is 35.5. The summed E-state index contributed by atoms with van der Waals surface area (Å²) < 4.78 is 26.8. The van der Waals surface area contributed by atoms with Crippen molar-refractivity contribution in [2.75, 3.05) is 23.7 Å². The van der Waals surface area contributed by atoms with Gasteiger partial charge in [0.15, 0.2) is 0 Å². The molecule has 2 amide bonds. The summed E-state index contributed by atoms with van der Waals surface area (Å²) in [4.78, 5) is 29.2. The van der Waals surface area contributed by atoms with Gasteiger partial charge in [-0.25, -0.2) is 8.42 Å². The number of carbonyl (C=O) groups excluding carboxylic acids is 2. The van der Waals surface area contributed by atoms with Crippen LogP contribution in [0.5, 0.6) is 0 Å². The molecule has 3 aromatic rings. The number of nitrogens with zero attached hydrogens (tertiary/aromatic N) is 2. The molecule has 0 aliphatic heterocycles. The second kappa shape index (κ2) is 14.4. The van der Waals surface area contributed by atoms with Gasteiger partial charge in [0.1, 0.15) is 12.6 Å². The van der Waals surface area contributed by atoms with Crippen LogP contribution in [0.4, 0.5) is 5.69 Å². The molecule has 1 atom stereocenters. The molecule has 0 radical (unpaired) electrons. The summed E-state index contributed by atoms with van der Waals surface area (Å²) in [6.45, 7) is 5.79. The maximum Gasteiger partial charge on any atom is 0.244 e. The third kappa shape index (κ3) is 9.36. The number of carbonyl (C=O) groups is 2. The molecule has 3 rings (SSSR count). The van der Waals surface area contributed by atoms with Crippen molar-refractivity contribution in [1.82, 2.24) is 10.2 Å². The van der Waals surface area contributed by atoms with Gasteiger partial charge in [-0.2, -0.15) is 0 Å². The molecule has 1 N–H and O–H groups in total. The van der Waals surface area contributed by atoms with Crippen molar-refractivity contribution in [2.24, 2.45) is 5.92 Å². The summed E-state index contributed by atoms with van der Waals surface area (Å²) in [7, 11) is -4.01. The largest absolute Gasteiger partial charge is 0.354 e. The first kappa shape index (κ1) is 32.7. The highest BCUT2D eigenvalue weighted by molar-refractivity contribution is 7.92. The van der Waals surface area contributed by atoms with Gasteiger partial charge in [0, 0.05) is 19.5 Å². The molecule has 0 bridgehead atoms. The molecular weight excluding hydrogens is 605 g/mol. The Bertz CT molecular complexity index is 1480. The first-order chi connectivity index (χ1) is 19.3. The lowest BCUT2D eigenvalue weighted by molar-refractivity contribution is -0.140. The number of hydrogen-bond donors (Lipinski definition) is 1. The summed E-state index contributed by atoms with van der Waals surface area (Å²) in [5.41, 5.74) is 2.65. The second-order valence-corrected chi connectivity index (χ2v) is 13.5. The van der Waals surface area contributed by atoms with Gasteiger partial charge in [0.25, 0.3) is 0 Å². The molecule has 0 spiro atoms. The molecule has 41 heavy (non-hydrogen) atoms. The highest BCUT2D eigenvalue weighted by Crippen LogP contribution is 2.35. The summed E-state index contributed by atoms with van der Waals surface area (Å²) >= 11 is 18.6. The molecule has 0 aromatic heterocycles. The van der Waals surface area contributed by atoms with E-state index in [1.165, 1.54) is 17.0 Å². The predicted molar refractivity (Wildman–Crippen MR) is 167 cm³/mol. The van der Waals surface area contributed by atoms with Gasteiger partial charge in [-0.3, -0.25) is 13.9 Å². The van der Waals surface area contributed by atoms with Crippen molar-refractivity contribution in [3.8, 4) is 0 Å². The van der Waals surface area contributed by atoms with Gasteiger partial charge in [-0.05, 0) is 36.1 Å². The van der Waals surface area contributed by atoms with E-state index in [1.807, 2.05) is 75.4 Å². The van der Waals surface area contributed by atoms with Crippen molar-refractivity contribution in [3.05, 3.63) is 98.5 Å². The Morgan fingerprint density at radius 3 is 2.12 bits per heavy atom. The smallest absolute Gasteiger partial charge is 0.244 e. The normalized spacial score (nSPS) is 12.2. The van der Waals surface area contributed by atoms with Crippen LogP contribution in [0.1, 0.15) is 30.5 Å². The molecule has 0 saturated heterocycles. The average molecular weight is 639 g/mol. The minimum atomic E-state index is -4.01. The number of sulfonamides is 1. The van der Waals surface area contributed by atoms with Gasteiger partial charge < -0.3 is 10.2 Å².